The molecule has 1 saturated heterocycles. The van der Waals surface area contributed by atoms with Crippen LogP contribution >= 0.6 is 0 Å². The first-order chi connectivity index (χ1) is 16.5. The lowest BCUT2D eigenvalue weighted by Crippen LogP contribution is -2.43. The highest BCUT2D eigenvalue weighted by Crippen LogP contribution is 2.39. The first-order valence-electron chi connectivity index (χ1n) is 12.6. The summed E-state index contributed by atoms with van der Waals surface area (Å²) in [6.07, 6.45) is 4.23. The van der Waals surface area contributed by atoms with Crippen molar-refractivity contribution in [3.8, 4) is 5.75 Å². The Balaban J connectivity index is 1.33. The number of carbonyl (C=O) groups is 2. The Morgan fingerprint density at radius 1 is 1.09 bits per heavy atom. The van der Waals surface area contributed by atoms with E-state index in [1.54, 1.807) is 4.90 Å². The van der Waals surface area contributed by atoms with Crippen LogP contribution in [0, 0.1) is 5.92 Å². The van der Waals surface area contributed by atoms with E-state index in [0.29, 0.717) is 25.4 Å². The third-order valence-corrected chi connectivity index (χ3v) is 12.0. The zero-order valence-corrected chi connectivity index (χ0v) is 22.6. The van der Waals surface area contributed by atoms with Gasteiger partial charge >= 0.3 is 6.09 Å². The van der Waals surface area contributed by atoms with Crippen molar-refractivity contribution in [3.05, 3.63) is 76.9 Å². The molecule has 6 heteroatoms. The standard InChI is InChI=1S/C29H37NO4Si/c1-29(2,3)35(4,5)34-25-12-11-23-18-24(27(31)26(23)19-25)17-21-13-15-30(16-14-21)28(32)33-20-22-9-7-6-8-10-22/h6-12,17,19,21H,13-16,18,20H2,1-5H3/b24-17+. The van der Waals surface area contributed by atoms with Gasteiger partial charge in [-0.05, 0) is 60.2 Å². The minimum absolute atomic E-state index is 0.101. The van der Waals surface area contributed by atoms with Gasteiger partial charge in [0.25, 0.3) is 0 Å². The molecule has 0 aromatic heterocycles. The van der Waals surface area contributed by atoms with Crippen molar-refractivity contribution >= 4 is 20.2 Å². The molecule has 5 nitrogen and oxygen atoms in total. The molecule has 0 spiro atoms. The number of fused-ring (bicyclic) bond motifs is 1. The Labute approximate surface area is 210 Å². The molecule has 2 aromatic carbocycles. The van der Waals surface area contributed by atoms with Crippen LogP contribution in [0.4, 0.5) is 4.79 Å². The first-order valence-corrected chi connectivity index (χ1v) is 15.5. The molecular weight excluding hydrogens is 454 g/mol. The lowest BCUT2D eigenvalue weighted by atomic mass is 9.93. The number of ether oxygens (including phenoxy) is 1. The highest BCUT2D eigenvalue weighted by atomic mass is 28.4. The maximum absolute atomic E-state index is 13.2. The number of likely N-dealkylation sites (tertiary alicyclic amines) is 1. The van der Waals surface area contributed by atoms with Crippen LogP contribution in [-0.2, 0) is 17.8 Å². The molecule has 0 saturated carbocycles. The maximum Gasteiger partial charge on any atom is 0.410 e. The summed E-state index contributed by atoms with van der Waals surface area (Å²) < 4.78 is 11.9. The molecule has 1 aliphatic heterocycles. The zero-order valence-electron chi connectivity index (χ0n) is 21.6. The molecular formula is C29H37NO4Si. The van der Waals surface area contributed by atoms with Crippen LogP contribution in [0.25, 0.3) is 0 Å². The highest BCUT2D eigenvalue weighted by molar-refractivity contribution is 6.74. The predicted molar refractivity (Wildman–Crippen MR) is 141 cm³/mol. The number of carbonyl (C=O) groups excluding carboxylic acids is 2. The summed E-state index contributed by atoms with van der Waals surface area (Å²) in [4.78, 5) is 27.4. The van der Waals surface area contributed by atoms with Crippen LogP contribution in [0.15, 0.2) is 60.2 Å². The van der Waals surface area contributed by atoms with Gasteiger partial charge in [-0.3, -0.25) is 4.79 Å². The molecule has 0 atom stereocenters. The van der Waals surface area contributed by atoms with Crippen LogP contribution in [0.5, 0.6) is 5.75 Å². The van der Waals surface area contributed by atoms with Crippen molar-refractivity contribution in [1.82, 2.24) is 4.90 Å². The average Bonchev–Trinajstić information content (AvgIpc) is 3.12. The third kappa shape index (κ3) is 5.86. The van der Waals surface area contributed by atoms with E-state index in [4.69, 9.17) is 9.16 Å². The van der Waals surface area contributed by atoms with E-state index in [9.17, 15) is 9.59 Å². The number of piperidine rings is 1. The number of rotatable bonds is 5. The molecule has 0 N–H and O–H groups in total. The number of amides is 1. The highest BCUT2D eigenvalue weighted by Gasteiger charge is 2.39. The van der Waals surface area contributed by atoms with E-state index < -0.39 is 8.32 Å². The lowest BCUT2D eigenvalue weighted by molar-refractivity contribution is 0.0852. The molecule has 4 rings (SSSR count). The molecule has 1 amide bonds. The van der Waals surface area contributed by atoms with Gasteiger partial charge in [0, 0.05) is 30.6 Å². The minimum Gasteiger partial charge on any atom is -0.543 e. The van der Waals surface area contributed by atoms with E-state index in [-0.39, 0.29) is 23.5 Å². The Hall–Kier alpha value is -2.86. The van der Waals surface area contributed by atoms with Crippen LogP contribution in [0.3, 0.4) is 0 Å². The zero-order chi connectivity index (χ0) is 25.2. The molecule has 2 aliphatic rings. The number of allylic oxidation sites excluding steroid dienone is 2. The molecule has 0 unspecified atom stereocenters. The second-order valence-corrected chi connectivity index (χ2v) is 16.0. The summed E-state index contributed by atoms with van der Waals surface area (Å²) in [7, 11) is -1.96. The fourth-order valence-electron chi connectivity index (χ4n) is 4.37. The van der Waals surface area contributed by atoms with Gasteiger partial charge in [-0.1, -0.05) is 63.2 Å². The molecule has 1 aliphatic carbocycles. The van der Waals surface area contributed by atoms with E-state index in [0.717, 1.165) is 40.9 Å². The van der Waals surface area contributed by atoms with Gasteiger partial charge in [0.1, 0.15) is 12.4 Å². The van der Waals surface area contributed by atoms with Crippen LogP contribution in [0.1, 0.15) is 55.1 Å². The number of benzene rings is 2. The second kappa shape index (κ2) is 10.0. The molecule has 186 valence electrons. The van der Waals surface area contributed by atoms with Gasteiger partial charge in [-0.15, -0.1) is 0 Å². The Bertz CT molecular complexity index is 1110. The van der Waals surface area contributed by atoms with Crippen LogP contribution in [-0.4, -0.2) is 38.2 Å². The van der Waals surface area contributed by atoms with Gasteiger partial charge in [0.2, 0.25) is 8.32 Å². The third-order valence-electron chi connectivity index (χ3n) is 7.62. The van der Waals surface area contributed by atoms with Crippen molar-refractivity contribution in [1.29, 1.82) is 0 Å². The molecule has 35 heavy (non-hydrogen) atoms. The number of nitrogens with zero attached hydrogens (tertiary/aromatic N) is 1. The summed E-state index contributed by atoms with van der Waals surface area (Å²) in [5.74, 6) is 1.21. The molecule has 2 aromatic rings. The summed E-state index contributed by atoms with van der Waals surface area (Å²) >= 11 is 0. The van der Waals surface area contributed by atoms with E-state index in [2.05, 4.69) is 39.9 Å². The molecule has 1 fully saturated rings. The van der Waals surface area contributed by atoms with Crippen LogP contribution < -0.4 is 4.43 Å². The minimum atomic E-state index is -1.96. The number of ketones is 1. The summed E-state index contributed by atoms with van der Waals surface area (Å²) in [6.45, 7) is 12.7. The fourth-order valence-corrected chi connectivity index (χ4v) is 5.39. The van der Waals surface area contributed by atoms with Gasteiger partial charge in [-0.2, -0.15) is 0 Å². The van der Waals surface area contributed by atoms with E-state index in [1.165, 1.54) is 0 Å². The normalized spacial score (nSPS) is 18.0. The maximum atomic E-state index is 13.2. The fraction of sp³-hybridized carbons (Fsp3) is 0.448. The summed E-state index contributed by atoms with van der Waals surface area (Å²) in [5.41, 5.74) is 3.70. The van der Waals surface area contributed by atoms with Gasteiger partial charge in [0.05, 0.1) is 0 Å². The Morgan fingerprint density at radius 3 is 2.43 bits per heavy atom. The van der Waals surface area contributed by atoms with Gasteiger partial charge < -0.3 is 14.1 Å². The van der Waals surface area contributed by atoms with E-state index in [1.807, 2.05) is 48.5 Å². The number of hydrogen-bond donors (Lipinski definition) is 0. The van der Waals surface area contributed by atoms with Crippen molar-refractivity contribution in [2.75, 3.05) is 13.1 Å². The molecule has 1 heterocycles. The summed E-state index contributed by atoms with van der Waals surface area (Å²) in [6, 6.07) is 15.7. The molecule has 0 radical (unpaired) electrons. The second-order valence-electron chi connectivity index (χ2n) is 11.2. The Kier molecular flexibility index (Phi) is 7.22. The van der Waals surface area contributed by atoms with Crippen molar-refractivity contribution in [2.24, 2.45) is 5.92 Å². The lowest BCUT2D eigenvalue weighted by Gasteiger charge is -2.36. The Morgan fingerprint density at radius 2 is 1.77 bits per heavy atom. The van der Waals surface area contributed by atoms with Gasteiger partial charge in [0.15, 0.2) is 5.78 Å². The number of hydrogen-bond acceptors (Lipinski definition) is 4. The van der Waals surface area contributed by atoms with Gasteiger partial charge in [-0.25, -0.2) is 4.79 Å². The summed E-state index contributed by atoms with van der Waals surface area (Å²) in [5, 5.41) is 0.101. The largest absolute Gasteiger partial charge is 0.543 e. The molecule has 0 bridgehead atoms. The number of Topliss-reactive ketones (excluding diaryl/α,β-unsaturated/α-hetero) is 1. The first kappa shape index (κ1) is 25.2. The smallest absolute Gasteiger partial charge is 0.410 e. The van der Waals surface area contributed by atoms with E-state index >= 15 is 0 Å². The van der Waals surface area contributed by atoms with Crippen molar-refractivity contribution in [2.45, 2.75) is 64.8 Å². The van der Waals surface area contributed by atoms with Crippen molar-refractivity contribution < 1.29 is 18.8 Å². The predicted octanol–water partition coefficient (Wildman–Crippen LogP) is 6.78. The quantitative estimate of drug-likeness (QED) is 0.341. The average molecular weight is 492 g/mol. The van der Waals surface area contributed by atoms with Crippen LogP contribution in [0.2, 0.25) is 18.1 Å². The SMILES string of the molecule is CC(C)(C)[Si](C)(C)Oc1ccc2c(c1)C(=O)/C(=C/C1CCN(C(=O)OCc3ccccc3)CC1)C2. The topological polar surface area (TPSA) is 55.8 Å². The van der Waals surface area contributed by atoms with Crippen molar-refractivity contribution in [3.63, 3.8) is 0 Å². The monoisotopic (exact) mass is 491 g/mol.